The summed E-state index contributed by atoms with van der Waals surface area (Å²) in [5.74, 6) is -0.0310. The summed E-state index contributed by atoms with van der Waals surface area (Å²) < 4.78 is 17.6. The van der Waals surface area contributed by atoms with Crippen molar-refractivity contribution in [2.45, 2.75) is 6.54 Å². The molecule has 0 amide bonds. The van der Waals surface area contributed by atoms with Gasteiger partial charge in [-0.25, -0.2) is 4.39 Å². The van der Waals surface area contributed by atoms with E-state index in [1.54, 1.807) is 0 Å². The molecular weight excluding hydrogens is 181 g/mol. The molecule has 12 heavy (non-hydrogen) atoms. The standard InChI is InChI=1S/C8H9ClFNO/c1-12-8-3-5(10)2-7(9)6(8)4-11/h2-3H,4,11H2,1H3. The second-order valence-electron chi connectivity index (χ2n) is 2.27. The Morgan fingerprint density at radius 1 is 1.58 bits per heavy atom. The van der Waals surface area contributed by atoms with E-state index in [0.717, 1.165) is 0 Å². The van der Waals surface area contributed by atoms with E-state index in [9.17, 15) is 4.39 Å². The van der Waals surface area contributed by atoms with Crippen LogP contribution < -0.4 is 10.5 Å². The summed E-state index contributed by atoms with van der Waals surface area (Å²) in [6.45, 7) is 0.238. The molecule has 0 aliphatic carbocycles. The molecule has 2 nitrogen and oxygen atoms in total. The van der Waals surface area contributed by atoms with Crippen LogP contribution in [0.15, 0.2) is 12.1 Å². The van der Waals surface area contributed by atoms with Crippen molar-refractivity contribution in [2.24, 2.45) is 5.73 Å². The van der Waals surface area contributed by atoms with E-state index >= 15 is 0 Å². The molecule has 0 atom stereocenters. The number of nitrogens with two attached hydrogens (primary N) is 1. The lowest BCUT2D eigenvalue weighted by Gasteiger charge is -2.07. The van der Waals surface area contributed by atoms with Crippen LogP contribution in [-0.4, -0.2) is 7.11 Å². The first-order valence-corrected chi connectivity index (χ1v) is 3.78. The van der Waals surface area contributed by atoms with Crippen LogP contribution in [-0.2, 0) is 6.54 Å². The Labute approximate surface area is 75.1 Å². The third-order valence-corrected chi connectivity index (χ3v) is 1.88. The second kappa shape index (κ2) is 3.74. The minimum absolute atomic E-state index is 0.238. The van der Waals surface area contributed by atoms with Crippen LogP contribution in [0.25, 0.3) is 0 Å². The lowest BCUT2D eigenvalue weighted by atomic mass is 10.2. The fourth-order valence-electron chi connectivity index (χ4n) is 0.960. The number of halogens is 2. The molecule has 0 radical (unpaired) electrons. The van der Waals surface area contributed by atoms with Gasteiger partial charge in [-0.2, -0.15) is 0 Å². The van der Waals surface area contributed by atoms with Crippen molar-refractivity contribution in [3.05, 3.63) is 28.5 Å². The average Bonchev–Trinajstić information content (AvgIpc) is 2.03. The van der Waals surface area contributed by atoms with Crippen molar-refractivity contribution in [2.75, 3.05) is 7.11 Å². The second-order valence-corrected chi connectivity index (χ2v) is 2.68. The van der Waals surface area contributed by atoms with Gasteiger partial charge in [0.25, 0.3) is 0 Å². The molecule has 1 rings (SSSR count). The maximum Gasteiger partial charge on any atom is 0.128 e. The fraction of sp³-hybridized carbons (Fsp3) is 0.250. The van der Waals surface area contributed by atoms with Gasteiger partial charge in [0.15, 0.2) is 0 Å². The third kappa shape index (κ3) is 1.68. The molecule has 0 heterocycles. The first-order chi connectivity index (χ1) is 5.69. The summed E-state index contributed by atoms with van der Waals surface area (Å²) in [4.78, 5) is 0. The van der Waals surface area contributed by atoms with Crippen LogP contribution in [0.4, 0.5) is 4.39 Å². The van der Waals surface area contributed by atoms with Crippen LogP contribution in [0.2, 0.25) is 5.02 Å². The van der Waals surface area contributed by atoms with Gasteiger partial charge in [-0.15, -0.1) is 0 Å². The molecule has 66 valence electrons. The number of hydrogen-bond acceptors (Lipinski definition) is 2. The van der Waals surface area contributed by atoms with Gasteiger partial charge >= 0.3 is 0 Å². The Hall–Kier alpha value is -0.800. The van der Waals surface area contributed by atoms with Gasteiger partial charge < -0.3 is 10.5 Å². The molecule has 0 saturated heterocycles. The van der Waals surface area contributed by atoms with E-state index in [2.05, 4.69) is 0 Å². The Kier molecular flexibility index (Phi) is 2.89. The van der Waals surface area contributed by atoms with E-state index < -0.39 is 5.82 Å². The zero-order chi connectivity index (χ0) is 9.14. The normalized spacial score (nSPS) is 10.0. The van der Waals surface area contributed by atoms with Crippen molar-refractivity contribution in [1.29, 1.82) is 0 Å². The van der Waals surface area contributed by atoms with Crippen LogP contribution >= 0.6 is 11.6 Å². The van der Waals surface area contributed by atoms with Crippen LogP contribution in [0, 0.1) is 5.82 Å². The average molecular weight is 190 g/mol. The van der Waals surface area contributed by atoms with Gasteiger partial charge in [0, 0.05) is 18.2 Å². The van der Waals surface area contributed by atoms with E-state index in [-0.39, 0.29) is 6.54 Å². The van der Waals surface area contributed by atoms with E-state index in [1.165, 1.54) is 19.2 Å². The molecule has 0 aromatic heterocycles. The molecule has 0 unspecified atom stereocenters. The predicted octanol–water partition coefficient (Wildman–Crippen LogP) is 1.95. The molecule has 0 aliphatic heterocycles. The molecule has 0 saturated carbocycles. The molecule has 0 aliphatic rings. The van der Waals surface area contributed by atoms with Crippen LogP contribution in [0.5, 0.6) is 5.75 Å². The molecule has 0 bridgehead atoms. The quantitative estimate of drug-likeness (QED) is 0.772. The molecule has 4 heteroatoms. The summed E-state index contributed by atoms with van der Waals surface area (Å²) >= 11 is 5.71. The van der Waals surface area contributed by atoms with E-state index in [4.69, 9.17) is 22.1 Å². The minimum atomic E-state index is -0.422. The van der Waals surface area contributed by atoms with Gasteiger partial charge in [0.05, 0.1) is 12.1 Å². The van der Waals surface area contributed by atoms with Crippen molar-refractivity contribution < 1.29 is 9.13 Å². The van der Waals surface area contributed by atoms with E-state index in [1.807, 2.05) is 0 Å². The zero-order valence-corrected chi connectivity index (χ0v) is 7.36. The summed E-state index contributed by atoms with van der Waals surface area (Å²) in [6, 6.07) is 2.47. The number of ether oxygens (including phenoxy) is 1. The highest BCUT2D eigenvalue weighted by molar-refractivity contribution is 6.31. The highest BCUT2D eigenvalue weighted by Crippen LogP contribution is 2.27. The van der Waals surface area contributed by atoms with Gasteiger partial charge in [-0.3, -0.25) is 0 Å². The topological polar surface area (TPSA) is 35.2 Å². The Morgan fingerprint density at radius 2 is 2.25 bits per heavy atom. The van der Waals surface area contributed by atoms with Crippen LogP contribution in [0.3, 0.4) is 0 Å². The zero-order valence-electron chi connectivity index (χ0n) is 6.60. The lowest BCUT2D eigenvalue weighted by molar-refractivity contribution is 0.406. The first-order valence-electron chi connectivity index (χ1n) is 3.41. The summed E-state index contributed by atoms with van der Waals surface area (Å²) in [5, 5.41) is 0.300. The summed E-state index contributed by atoms with van der Waals surface area (Å²) in [6.07, 6.45) is 0. The van der Waals surface area contributed by atoms with Gasteiger partial charge in [-0.1, -0.05) is 11.6 Å². The third-order valence-electron chi connectivity index (χ3n) is 1.54. The minimum Gasteiger partial charge on any atom is -0.496 e. The highest BCUT2D eigenvalue weighted by Gasteiger charge is 2.07. The van der Waals surface area contributed by atoms with Gasteiger partial charge in [0.1, 0.15) is 11.6 Å². The lowest BCUT2D eigenvalue weighted by Crippen LogP contribution is -2.01. The SMILES string of the molecule is COc1cc(F)cc(Cl)c1CN. The molecule has 0 fully saturated rings. The predicted molar refractivity (Wildman–Crippen MR) is 45.9 cm³/mol. The van der Waals surface area contributed by atoms with Gasteiger partial charge in [0.2, 0.25) is 0 Å². The Balaban J connectivity index is 3.24. The smallest absolute Gasteiger partial charge is 0.128 e. The number of rotatable bonds is 2. The molecule has 0 spiro atoms. The molecule has 1 aromatic rings. The fourth-order valence-corrected chi connectivity index (χ4v) is 1.23. The Bertz CT molecular complexity index is 291. The number of hydrogen-bond donors (Lipinski definition) is 1. The molecular formula is C8H9ClFNO. The molecule has 2 N–H and O–H groups in total. The van der Waals surface area contributed by atoms with Crippen molar-refractivity contribution in [1.82, 2.24) is 0 Å². The van der Waals surface area contributed by atoms with Crippen LogP contribution in [0.1, 0.15) is 5.56 Å². The molecule has 1 aromatic carbocycles. The van der Waals surface area contributed by atoms with E-state index in [0.29, 0.717) is 16.3 Å². The van der Waals surface area contributed by atoms with Crippen molar-refractivity contribution in [3.63, 3.8) is 0 Å². The highest BCUT2D eigenvalue weighted by atomic mass is 35.5. The maximum absolute atomic E-state index is 12.7. The van der Waals surface area contributed by atoms with Crippen molar-refractivity contribution in [3.8, 4) is 5.75 Å². The summed E-state index contributed by atoms with van der Waals surface area (Å²) in [5.41, 5.74) is 6.02. The van der Waals surface area contributed by atoms with Gasteiger partial charge in [-0.05, 0) is 6.07 Å². The van der Waals surface area contributed by atoms with Crippen molar-refractivity contribution >= 4 is 11.6 Å². The number of methoxy groups -OCH3 is 1. The number of benzene rings is 1. The maximum atomic E-state index is 12.7. The largest absolute Gasteiger partial charge is 0.496 e. The first kappa shape index (κ1) is 9.29. The summed E-state index contributed by atoms with van der Waals surface area (Å²) in [7, 11) is 1.45. The monoisotopic (exact) mass is 189 g/mol. The Morgan fingerprint density at radius 3 is 2.75 bits per heavy atom.